The Morgan fingerprint density at radius 1 is 1.26 bits per heavy atom. The van der Waals surface area contributed by atoms with Crippen LogP contribution in [0.25, 0.3) is 0 Å². The summed E-state index contributed by atoms with van der Waals surface area (Å²) in [6.07, 6.45) is -1.03. The minimum atomic E-state index is -0.587. The lowest BCUT2D eigenvalue weighted by Crippen LogP contribution is -2.51. The summed E-state index contributed by atoms with van der Waals surface area (Å²) in [7, 11) is 0. The quantitative estimate of drug-likeness (QED) is 0.755. The number of aliphatic hydroxyl groups is 1. The lowest BCUT2D eigenvalue weighted by molar-refractivity contribution is -0.0318. The summed E-state index contributed by atoms with van der Waals surface area (Å²) in [5.41, 5.74) is 0. The van der Waals surface area contributed by atoms with Gasteiger partial charge in [-0.05, 0) is 19.1 Å². The number of rotatable bonds is 7. The van der Waals surface area contributed by atoms with E-state index < -0.39 is 6.10 Å². The van der Waals surface area contributed by atoms with Gasteiger partial charge < -0.3 is 29.0 Å². The summed E-state index contributed by atoms with van der Waals surface area (Å²) < 4.78 is 22.1. The predicted molar refractivity (Wildman–Crippen MR) is 98.2 cm³/mol. The molecule has 0 bridgehead atoms. The first-order valence-corrected chi connectivity index (χ1v) is 9.44. The Bertz CT molecular complexity index is 606. The molecule has 8 nitrogen and oxygen atoms in total. The first-order chi connectivity index (χ1) is 13.2. The number of β-amino-alcohol motifs (C(OH)–C–C–N with tert-alkyl or cyclic N) is 1. The summed E-state index contributed by atoms with van der Waals surface area (Å²) in [6, 6.07) is 7.54. The highest BCUT2D eigenvalue weighted by molar-refractivity contribution is 5.67. The van der Waals surface area contributed by atoms with Crippen molar-refractivity contribution in [1.82, 2.24) is 9.80 Å². The molecule has 150 valence electrons. The fourth-order valence-electron chi connectivity index (χ4n) is 3.16. The predicted octanol–water partition coefficient (Wildman–Crippen LogP) is 0.978. The van der Waals surface area contributed by atoms with E-state index in [9.17, 15) is 9.90 Å². The van der Waals surface area contributed by atoms with Gasteiger partial charge in [0.25, 0.3) is 0 Å². The lowest BCUT2D eigenvalue weighted by atomic mass is 10.2. The summed E-state index contributed by atoms with van der Waals surface area (Å²) in [6.45, 7) is 6.38. The fourth-order valence-corrected chi connectivity index (χ4v) is 3.16. The molecule has 1 aromatic rings. The maximum atomic E-state index is 11.7. The highest BCUT2D eigenvalue weighted by atomic mass is 16.6. The van der Waals surface area contributed by atoms with Crippen LogP contribution in [0.15, 0.2) is 24.3 Å². The first kappa shape index (κ1) is 19.7. The number of ether oxygens (including phenoxy) is 4. The van der Waals surface area contributed by atoms with Crippen LogP contribution in [-0.4, -0.2) is 92.4 Å². The molecule has 1 aromatic carbocycles. The van der Waals surface area contributed by atoms with Gasteiger partial charge >= 0.3 is 6.09 Å². The van der Waals surface area contributed by atoms with Gasteiger partial charge in [0.05, 0.1) is 25.9 Å². The van der Waals surface area contributed by atoms with Crippen molar-refractivity contribution in [3.63, 3.8) is 0 Å². The van der Waals surface area contributed by atoms with Gasteiger partial charge in [0.15, 0.2) is 17.6 Å². The molecule has 2 aliphatic rings. The van der Waals surface area contributed by atoms with Crippen LogP contribution in [0.2, 0.25) is 0 Å². The Labute approximate surface area is 159 Å². The second-order valence-electron chi connectivity index (χ2n) is 6.68. The average molecular weight is 380 g/mol. The summed E-state index contributed by atoms with van der Waals surface area (Å²) >= 11 is 0. The second kappa shape index (κ2) is 9.77. The smallest absolute Gasteiger partial charge is 0.409 e. The number of hydrogen-bond acceptors (Lipinski definition) is 7. The zero-order chi connectivity index (χ0) is 19.1. The Balaban J connectivity index is 1.30. The fraction of sp³-hybridized carbons (Fsp3) is 0.632. The molecule has 2 aliphatic heterocycles. The topological polar surface area (TPSA) is 80.7 Å². The maximum Gasteiger partial charge on any atom is 0.409 e. The number of piperazine rings is 1. The van der Waals surface area contributed by atoms with Crippen LogP contribution in [-0.2, 0) is 9.47 Å². The normalized spacial score (nSPS) is 21.0. The van der Waals surface area contributed by atoms with E-state index >= 15 is 0 Å². The number of carbonyl (C=O) groups excluding carboxylic acids is 1. The Hall–Kier alpha value is -2.03. The minimum absolute atomic E-state index is 0.180. The molecule has 0 aromatic heterocycles. The molecule has 27 heavy (non-hydrogen) atoms. The van der Waals surface area contributed by atoms with Crippen molar-refractivity contribution in [2.24, 2.45) is 0 Å². The molecule has 0 saturated carbocycles. The zero-order valence-electron chi connectivity index (χ0n) is 15.7. The van der Waals surface area contributed by atoms with Crippen LogP contribution in [0.1, 0.15) is 6.92 Å². The van der Waals surface area contributed by atoms with E-state index in [0.29, 0.717) is 52.5 Å². The molecular weight excluding hydrogens is 352 g/mol. The van der Waals surface area contributed by atoms with Crippen LogP contribution >= 0.6 is 0 Å². The van der Waals surface area contributed by atoms with E-state index in [-0.39, 0.29) is 18.8 Å². The Morgan fingerprint density at radius 3 is 2.74 bits per heavy atom. The molecule has 0 aliphatic carbocycles. The van der Waals surface area contributed by atoms with E-state index in [1.165, 1.54) is 0 Å². The van der Waals surface area contributed by atoms with Crippen LogP contribution in [0.4, 0.5) is 4.79 Å². The number of benzene rings is 1. The number of para-hydroxylation sites is 2. The molecule has 8 heteroatoms. The average Bonchev–Trinajstić information content (AvgIpc) is 2.68. The molecular formula is C19H28N2O6. The van der Waals surface area contributed by atoms with E-state index in [0.717, 1.165) is 11.5 Å². The molecule has 1 fully saturated rings. The van der Waals surface area contributed by atoms with E-state index in [1.807, 2.05) is 24.3 Å². The van der Waals surface area contributed by atoms with Gasteiger partial charge in [-0.25, -0.2) is 4.79 Å². The van der Waals surface area contributed by atoms with Gasteiger partial charge in [0.1, 0.15) is 6.61 Å². The van der Waals surface area contributed by atoms with Crippen molar-refractivity contribution in [2.75, 3.05) is 59.2 Å². The zero-order valence-corrected chi connectivity index (χ0v) is 15.7. The molecule has 1 saturated heterocycles. The van der Waals surface area contributed by atoms with Crippen molar-refractivity contribution in [3.05, 3.63) is 24.3 Å². The van der Waals surface area contributed by atoms with Gasteiger partial charge in [-0.3, -0.25) is 4.90 Å². The Morgan fingerprint density at radius 2 is 2.00 bits per heavy atom. The van der Waals surface area contributed by atoms with E-state index in [2.05, 4.69) is 4.90 Å². The first-order valence-electron chi connectivity index (χ1n) is 9.44. The summed E-state index contributed by atoms with van der Waals surface area (Å²) in [5.74, 6) is 1.47. The third kappa shape index (κ3) is 5.72. The molecule has 1 amide bonds. The third-order valence-corrected chi connectivity index (χ3v) is 4.55. The van der Waals surface area contributed by atoms with Crippen LogP contribution < -0.4 is 9.47 Å². The second-order valence-corrected chi connectivity index (χ2v) is 6.68. The number of amides is 1. The molecule has 0 radical (unpaired) electrons. The van der Waals surface area contributed by atoms with Crippen LogP contribution in [0.3, 0.4) is 0 Å². The summed E-state index contributed by atoms with van der Waals surface area (Å²) in [5, 5.41) is 10.2. The number of carbonyl (C=O) groups is 1. The van der Waals surface area contributed by atoms with Gasteiger partial charge in [0.2, 0.25) is 0 Å². The van der Waals surface area contributed by atoms with Crippen molar-refractivity contribution in [3.8, 4) is 11.5 Å². The minimum Gasteiger partial charge on any atom is -0.486 e. The maximum absolute atomic E-state index is 11.7. The number of aliphatic hydroxyl groups excluding tert-OH is 1. The van der Waals surface area contributed by atoms with Crippen molar-refractivity contribution >= 4 is 6.09 Å². The molecule has 1 N–H and O–H groups in total. The number of fused-ring (bicyclic) bond motifs is 1. The van der Waals surface area contributed by atoms with Gasteiger partial charge in [-0.15, -0.1) is 0 Å². The molecule has 3 rings (SSSR count). The SMILES string of the molecule is CCOC(=O)N1CCN(C[C@H](O)COC[C@@H]2COc3ccccc3O2)CC1. The molecule has 0 unspecified atom stereocenters. The van der Waals surface area contributed by atoms with Gasteiger partial charge in [-0.1, -0.05) is 12.1 Å². The largest absolute Gasteiger partial charge is 0.486 e. The van der Waals surface area contributed by atoms with Gasteiger partial charge in [-0.2, -0.15) is 0 Å². The van der Waals surface area contributed by atoms with E-state index in [1.54, 1.807) is 11.8 Å². The monoisotopic (exact) mass is 380 g/mol. The van der Waals surface area contributed by atoms with Crippen LogP contribution in [0, 0.1) is 0 Å². The number of hydrogen-bond donors (Lipinski definition) is 1. The highest BCUT2D eigenvalue weighted by Crippen LogP contribution is 2.30. The Kier molecular flexibility index (Phi) is 7.14. The van der Waals surface area contributed by atoms with E-state index in [4.69, 9.17) is 18.9 Å². The van der Waals surface area contributed by atoms with Crippen molar-refractivity contribution in [1.29, 1.82) is 0 Å². The molecule has 0 spiro atoms. The lowest BCUT2D eigenvalue weighted by Gasteiger charge is -2.35. The van der Waals surface area contributed by atoms with Crippen molar-refractivity contribution in [2.45, 2.75) is 19.1 Å². The third-order valence-electron chi connectivity index (χ3n) is 4.55. The standard InChI is InChI=1S/C19H28N2O6/c1-2-25-19(23)21-9-7-20(8-10-21)11-15(22)12-24-13-16-14-26-17-5-3-4-6-18(17)27-16/h3-6,15-16,22H,2,7-14H2,1H3/t15-,16+/m0/s1. The molecule has 2 atom stereocenters. The number of nitrogens with zero attached hydrogens (tertiary/aromatic N) is 2. The summed E-state index contributed by atoms with van der Waals surface area (Å²) in [4.78, 5) is 15.5. The van der Waals surface area contributed by atoms with Crippen LogP contribution in [0.5, 0.6) is 11.5 Å². The molecule has 2 heterocycles. The van der Waals surface area contributed by atoms with Gasteiger partial charge in [0, 0.05) is 32.7 Å². The van der Waals surface area contributed by atoms with Crippen molar-refractivity contribution < 1.29 is 28.8 Å². The highest BCUT2D eigenvalue weighted by Gasteiger charge is 2.24.